The molecule has 0 amide bonds. The van der Waals surface area contributed by atoms with Crippen molar-refractivity contribution in [1.82, 2.24) is 9.36 Å². The fourth-order valence-corrected chi connectivity index (χ4v) is 2.82. The summed E-state index contributed by atoms with van der Waals surface area (Å²) in [4.78, 5) is 4.17. The van der Waals surface area contributed by atoms with Gasteiger partial charge in [-0.2, -0.15) is 13.2 Å². The Bertz CT molecular complexity index is 310. The Labute approximate surface area is 93.4 Å². The monoisotopic (exact) mass is 254 g/mol. The molecule has 0 aliphatic heterocycles. The minimum atomic E-state index is -1.62. The van der Waals surface area contributed by atoms with Gasteiger partial charge in [-0.3, -0.25) is 0 Å². The molecular formula is C7H8F2N2S3. The average Bonchev–Trinajstić information content (AvgIpc) is 2.60. The number of hydrogen-bond donors (Lipinski definition) is 0. The van der Waals surface area contributed by atoms with Crippen molar-refractivity contribution < 1.29 is 8.78 Å². The Morgan fingerprint density at radius 1 is 1.57 bits per heavy atom. The summed E-state index contributed by atoms with van der Waals surface area (Å²) in [5.41, 5.74) is 0. The molecule has 0 N–H and O–H groups in total. The highest BCUT2D eigenvalue weighted by Crippen LogP contribution is 2.24. The number of halogens is 2. The van der Waals surface area contributed by atoms with Crippen molar-refractivity contribution in [1.29, 1.82) is 0 Å². The minimum Gasteiger partial charge on any atom is -0.203 e. The van der Waals surface area contributed by atoms with E-state index in [1.165, 1.54) is 35.1 Å². The predicted molar refractivity (Wildman–Crippen MR) is 57.3 cm³/mol. The fraction of sp³-hybridized carbons (Fsp3) is 0.429. The van der Waals surface area contributed by atoms with E-state index in [1.807, 2.05) is 6.26 Å². The Hall–Kier alpha value is -0.140. The van der Waals surface area contributed by atoms with Crippen LogP contribution in [0.3, 0.4) is 0 Å². The summed E-state index contributed by atoms with van der Waals surface area (Å²) < 4.78 is 28.2. The quantitative estimate of drug-likeness (QED) is 0.593. The van der Waals surface area contributed by atoms with Crippen molar-refractivity contribution in [2.24, 2.45) is 0 Å². The number of hydrogen-bond acceptors (Lipinski definition) is 5. The molecule has 0 saturated heterocycles. The molecule has 0 aromatic carbocycles. The Morgan fingerprint density at radius 3 is 2.93 bits per heavy atom. The Kier molecular flexibility index (Phi) is 5.42. The van der Waals surface area contributed by atoms with Crippen molar-refractivity contribution in [3.05, 3.63) is 12.2 Å². The highest BCUT2D eigenvalue weighted by molar-refractivity contribution is 8.01. The van der Waals surface area contributed by atoms with Crippen LogP contribution in [0, 0.1) is 0 Å². The smallest absolute Gasteiger partial charge is 0.203 e. The van der Waals surface area contributed by atoms with Crippen molar-refractivity contribution in [3.63, 3.8) is 0 Å². The van der Waals surface area contributed by atoms with E-state index in [4.69, 9.17) is 0 Å². The van der Waals surface area contributed by atoms with Crippen LogP contribution in [0.1, 0.15) is 6.42 Å². The van der Waals surface area contributed by atoms with Crippen molar-refractivity contribution in [2.45, 2.75) is 15.9 Å². The van der Waals surface area contributed by atoms with Crippen LogP contribution in [-0.2, 0) is 0 Å². The number of thioether (sulfide) groups is 2. The first-order chi connectivity index (χ1) is 6.72. The van der Waals surface area contributed by atoms with Crippen LogP contribution < -0.4 is 0 Å². The van der Waals surface area contributed by atoms with Gasteiger partial charge in [0.15, 0.2) is 4.34 Å². The lowest BCUT2D eigenvalue weighted by atomic mass is 10.5. The summed E-state index contributed by atoms with van der Waals surface area (Å²) in [6.07, 6.45) is 1.57. The zero-order valence-corrected chi connectivity index (χ0v) is 9.82. The van der Waals surface area contributed by atoms with Gasteiger partial charge in [-0.1, -0.05) is 23.5 Å². The summed E-state index contributed by atoms with van der Waals surface area (Å²) in [5.74, 6) is 0.611. The van der Waals surface area contributed by atoms with Gasteiger partial charge in [0.1, 0.15) is 0 Å². The van der Waals surface area contributed by atoms with E-state index in [1.54, 1.807) is 0 Å². The maximum atomic E-state index is 11.6. The Morgan fingerprint density at radius 2 is 2.36 bits per heavy atom. The lowest BCUT2D eigenvalue weighted by Crippen LogP contribution is -1.77. The summed E-state index contributed by atoms with van der Waals surface area (Å²) in [5, 5.41) is 0.740. The maximum Gasteiger partial charge on any atom is 0.266 e. The van der Waals surface area contributed by atoms with Gasteiger partial charge in [-0.05, 0) is 30.3 Å². The van der Waals surface area contributed by atoms with Gasteiger partial charge < -0.3 is 0 Å². The van der Waals surface area contributed by atoms with Gasteiger partial charge in [-0.15, -0.1) is 0 Å². The molecule has 0 aliphatic carbocycles. The van der Waals surface area contributed by atoms with Gasteiger partial charge in [0, 0.05) is 5.75 Å². The first kappa shape index (κ1) is 11.9. The minimum absolute atomic E-state index is 0.362. The van der Waals surface area contributed by atoms with Gasteiger partial charge in [0.25, 0.3) is 6.08 Å². The van der Waals surface area contributed by atoms with E-state index in [-0.39, 0.29) is 0 Å². The SMILES string of the molecule is CSc1nsc(SCCC=C(F)F)n1. The lowest BCUT2D eigenvalue weighted by molar-refractivity contribution is 0.418. The summed E-state index contributed by atoms with van der Waals surface area (Å²) in [7, 11) is 0. The topological polar surface area (TPSA) is 25.8 Å². The molecule has 0 saturated carbocycles. The standard InChI is InChI=1S/C7H8F2N2S3/c1-12-6-10-7(14-11-6)13-4-2-3-5(8)9/h3H,2,4H2,1H3. The third-order valence-corrected chi connectivity index (χ3v) is 3.74. The molecule has 0 bridgehead atoms. The second-order valence-electron chi connectivity index (χ2n) is 2.18. The number of allylic oxidation sites excluding steroid dienone is 1. The molecule has 0 aliphatic rings. The van der Waals surface area contributed by atoms with E-state index in [9.17, 15) is 8.78 Å². The molecular weight excluding hydrogens is 246 g/mol. The van der Waals surface area contributed by atoms with Crippen LogP contribution >= 0.6 is 35.1 Å². The van der Waals surface area contributed by atoms with Crippen LogP contribution in [-0.4, -0.2) is 21.4 Å². The van der Waals surface area contributed by atoms with Crippen LogP contribution in [0.25, 0.3) is 0 Å². The molecule has 2 nitrogen and oxygen atoms in total. The molecule has 1 heterocycles. The second kappa shape index (κ2) is 6.36. The highest BCUT2D eigenvalue weighted by Gasteiger charge is 2.02. The van der Waals surface area contributed by atoms with Crippen LogP contribution in [0.15, 0.2) is 21.7 Å². The summed E-state index contributed by atoms with van der Waals surface area (Å²) >= 11 is 4.23. The highest BCUT2D eigenvalue weighted by atomic mass is 32.2. The first-order valence-electron chi connectivity index (χ1n) is 3.74. The number of nitrogens with zero attached hydrogens (tertiary/aromatic N) is 2. The zero-order valence-electron chi connectivity index (χ0n) is 7.37. The molecule has 78 valence electrons. The zero-order chi connectivity index (χ0) is 10.4. The molecule has 0 unspecified atom stereocenters. The largest absolute Gasteiger partial charge is 0.266 e. The molecule has 0 spiro atoms. The van der Waals surface area contributed by atoms with E-state index in [0.29, 0.717) is 12.2 Å². The molecule has 1 aromatic rings. The van der Waals surface area contributed by atoms with Crippen molar-refractivity contribution >= 4 is 35.1 Å². The van der Waals surface area contributed by atoms with Crippen LogP contribution in [0.4, 0.5) is 8.78 Å². The first-order valence-corrected chi connectivity index (χ1v) is 6.72. The van der Waals surface area contributed by atoms with E-state index < -0.39 is 6.08 Å². The molecule has 0 fully saturated rings. The van der Waals surface area contributed by atoms with Gasteiger partial charge in [-0.25, -0.2) is 4.98 Å². The van der Waals surface area contributed by atoms with E-state index in [0.717, 1.165) is 15.6 Å². The number of rotatable bonds is 5. The molecule has 14 heavy (non-hydrogen) atoms. The fourth-order valence-electron chi connectivity index (χ4n) is 0.653. The molecule has 0 atom stereocenters. The van der Waals surface area contributed by atoms with Crippen LogP contribution in [0.5, 0.6) is 0 Å². The predicted octanol–water partition coefficient (Wildman–Crippen LogP) is 3.52. The molecule has 1 aromatic heterocycles. The molecule has 1 rings (SSSR count). The van der Waals surface area contributed by atoms with E-state index in [2.05, 4.69) is 9.36 Å². The van der Waals surface area contributed by atoms with Crippen molar-refractivity contribution in [2.75, 3.05) is 12.0 Å². The molecule has 0 radical (unpaired) electrons. The third kappa shape index (κ3) is 4.39. The summed E-state index contributed by atoms with van der Waals surface area (Å²) in [6, 6.07) is 0. The Balaban J connectivity index is 2.28. The molecule has 7 heteroatoms. The van der Waals surface area contributed by atoms with Gasteiger partial charge in [0.2, 0.25) is 5.16 Å². The van der Waals surface area contributed by atoms with E-state index >= 15 is 0 Å². The van der Waals surface area contributed by atoms with Crippen LogP contribution in [0.2, 0.25) is 0 Å². The third-order valence-electron chi connectivity index (χ3n) is 1.21. The second-order valence-corrected chi connectivity index (χ2v) is 5.05. The summed E-state index contributed by atoms with van der Waals surface area (Å²) in [6.45, 7) is 0. The lowest BCUT2D eigenvalue weighted by Gasteiger charge is -1.90. The van der Waals surface area contributed by atoms with Crippen molar-refractivity contribution in [3.8, 4) is 0 Å². The maximum absolute atomic E-state index is 11.6. The number of aromatic nitrogens is 2. The van der Waals surface area contributed by atoms with Gasteiger partial charge in [0.05, 0.1) is 0 Å². The normalized spacial score (nSPS) is 10.2. The average molecular weight is 254 g/mol. The van der Waals surface area contributed by atoms with Gasteiger partial charge >= 0.3 is 0 Å².